The van der Waals surface area contributed by atoms with Crippen molar-refractivity contribution in [2.24, 2.45) is 0 Å². The van der Waals surface area contributed by atoms with Gasteiger partial charge in [-0.05, 0) is 34.0 Å². The van der Waals surface area contributed by atoms with E-state index < -0.39 is 0 Å². The maximum Gasteiger partial charge on any atom is 0.0883 e. The molecular formula is C15H29ClN4O. The molecule has 1 unspecified atom stereocenters. The van der Waals surface area contributed by atoms with E-state index in [1.807, 2.05) is 11.7 Å². The van der Waals surface area contributed by atoms with Gasteiger partial charge >= 0.3 is 0 Å². The summed E-state index contributed by atoms with van der Waals surface area (Å²) >= 11 is 6.42. The van der Waals surface area contributed by atoms with Crippen LogP contribution in [0.25, 0.3) is 0 Å². The molecule has 0 aliphatic carbocycles. The van der Waals surface area contributed by atoms with Gasteiger partial charge in [0, 0.05) is 13.7 Å². The fourth-order valence-electron chi connectivity index (χ4n) is 2.85. The van der Waals surface area contributed by atoms with E-state index in [2.05, 4.69) is 43.3 Å². The molecule has 1 aromatic rings. The number of rotatable bonds is 9. The molecule has 6 heteroatoms. The molecule has 0 saturated heterocycles. The summed E-state index contributed by atoms with van der Waals surface area (Å²) in [5.41, 5.74) is 0.723. The van der Waals surface area contributed by atoms with Gasteiger partial charge in [-0.3, -0.25) is 4.68 Å². The zero-order valence-corrected chi connectivity index (χ0v) is 14.9. The van der Waals surface area contributed by atoms with Crippen molar-refractivity contribution < 1.29 is 4.74 Å². The number of aromatic nitrogens is 2. The van der Waals surface area contributed by atoms with Crippen LogP contribution < -0.4 is 5.32 Å². The van der Waals surface area contributed by atoms with Crippen molar-refractivity contribution in [3.8, 4) is 0 Å². The van der Waals surface area contributed by atoms with E-state index in [0.717, 1.165) is 31.6 Å². The van der Waals surface area contributed by atoms with Gasteiger partial charge in [-0.15, -0.1) is 0 Å². The van der Waals surface area contributed by atoms with Crippen molar-refractivity contribution in [3.05, 3.63) is 16.9 Å². The van der Waals surface area contributed by atoms with Gasteiger partial charge in [-0.25, -0.2) is 0 Å². The smallest absolute Gasteiger partial charge is 0.0883 e. The molecule has 0 spiro atoms. The summed E-state index contributed by atoms with van der Waals surface area (Å²) < 4.78 is 7.86. The second-order valence-corrected chi connectivity index (χ2v) is 6.01. The molecular weight excluding hydrogens is 288 g/mol. The van der Waals surface area contributed by atoms with Crippen molar-refractivity contribution in [2.75, 3.05) is 34.8 Å². The third kappa shape index (κ3) is 3.97. The summed E-state index contributed by atoms with van der Waals surface area (Å²) in [5.74, 6) is 0. The minimum Gasteiger partial charge on any atom is -0.376 e. The maximum absolute atomic E-state index is 6.42. The Morgan fingerprint density at radius 3 is 2.48 bits per heavy atom. The molecule has 1 N–H and O–H groups in total. The summed E-state index contributed by atoms with van der Waals surface area (Å²) in [4.78, 5) is 2.14. The molecule has 1 rings (SSSR count). The Morgan fingerprint density at radius 1 is 1.43 bits per heavy atom. The molecule has 0 fully saturated rings. The van der Waals surface area contributed by atoms with Crippen LogP contribution in [0.2, 0.25) is 5.02 Å². The number of hydrogen-bond acceptors (Lipinski definition) is 4. The Bertz CT molecular complexity index is 421. The first-order valence-electron chi connectivity index (χ1n) is 7.54. The van der Waals surface area contributed by atoms with E-state index in [1.54, 1.807) is 13.3 Å². The summed E-state index contributed by atoms with van der Waals surface area (Å²) in [6, 6.07) is 0.00895. The number of methoxy groups -OCH3 is 1. The monoisotopic (exact) mass is 316 g/mol. The quantitative estimate of drug-likeness (QED) is 0.760. The van der Waals surface area contributed by atoms with Gasteiger partial charge in [-0.1, -0.05) is 25.4 Å². The van der Waals surface area contributed by atoms with Gasteiger partial charge in [0.05, 0.1) is 35.1 Å². The van der Waals surface area contributed by atoms with E-state index in [4.69, 9.17) is 16.3 Å². The summed E-state index contributed by atoms with van der Waals surface area (Å²) in [5, 5.41) is 8.51. The van der Waals surface area contributed by atoms with E-state index in [0.29, 0.717) is 5.02 Å². The van der Waals surface area contributed by atoms with Crippen molar-refractivity contribution in [3.63, 3.8) is 0 Å². The van der Waals surface area contributed by atoms with E-state index >= 15 is 0 Å². The van der Waals surface area contributed by atoms with Crippen molar-refractivity contribution in [1.82, 2.24) is 20.0 Å². The maximum atomic E-state index is 6.42. The van der Waals surface area contributed by atoms with Gasteiger partial charge in [0.25, 0.3) is 0 Å². The predicted molar refractivity (Wildman–Crippen MR) is 87.9 cm³/mol. The average Bonchev–Trinajstić information content (AvgIpc) is 2.84. The highest BCUT2D eigenvalue weighted by Crippen LogP contribution is 2.37. The minimum atomic E-state index is -0.283. The molecule has 1 heterocycles. The fraction of sp³-hybridized carbons (Fsp3) is 0.800. The number of hydrogen-bond donors (Lipinski definition) is 1. The molecule has 1 atom stereocenters. The van der Waals surface area contributed by atoms with Gasteiger partial charge in [0.15, 0.2) is 0 Å². The molecule has 0 saturated carbocycles. The van der Waals surface area contributed by atoms with Crippen LogP contribution >= 0.6 is 11.6 Å². The molecule has 5 nitrogen and oxygen atoms in total. The highest BCUT2D eigenvalue weighted by Gasteiger charge is 2.39. The lowest BCUT2D eigenvalue weighted by Crippen LogP contribution is -2.45. The van der Waals surface area contributed by atoms with Crippen LogP contribution in [0.5, 0.6) is 0 Å². The average molecular weight is 317 g/mol. The van der Waals surface area contributed by atoms with Crippen LogP contribution in [0, 0.1) is 0 Å². The molecule has 122 valence electrons. The van der Waals surface area contributed by atoms with Crippen LogP contribution in [0.1, 0.15) is 38.4 Å². The Morgan fingerprint density at radius 2 is 2.05 bits per heavy atom. The predicted octanol–water partition coefficient (Wildman–Crippen LogP) is 2.56. The van der Waals surface area contributed by atoms with Crippen LogP contribution in [0.15, 0.2) is 6.20 Å². The molecule has 0 radical (unpaired) electrons. The largest absolute Gasteiger partial charge is 0.376 e. The molecule has 0 amide bonds. The molecule has 0 aliphatic heterocycles. The number of nitrogens with one attached hydrogen (secondary N) is 1. The lowest BCUT2D eigenvalue weighted by atomic mass is 9.86. The highest BCUT2D eigenvalue weighted by molar-refractivity contribution is 6.31. The summed E-state index contributed by atoms with van der Waals surface area (Å²) in [6.45, 7) is 6.01. The van der Waals surface area contributed by atoms with Crippen LogP contribution in [-0.2, 0) is 11.3 Å². The Hall–Kier alpha value is -0.620. The van der Waals surface area contributed by atoms with Gasteiger partial charge in [0.2, 0.25) is 0 Å². The van der Waals surface area contributed by atoms with Crippen LogP contribution in [-0.4, -0.2) is 55.1 Å². The second kappa shape index (κ2) is 8.13. The van der Waals surface area contributed by atoms with Crippen molar-refractivity contribution in [2.45, 2.75) is 44.9 Å². The molecule has 1 aromatic heterocycles. The van der Waals surface area contributed by atoms with Crippen molar-refractivity contribution in [1.29, 1.82) is 0 Å². The molecule has 0 bridgehead atoms. The minimum absolute atomic E-state index is 0.00895. The first-order chi connectivity index (χ1) is 9.95. The highest BCUT2D eigenvalue weighted by atomic mass is 35.5. The number of nitrogens with zero attached hydrogens (tertiary/aromatic N) is 3. The van der Waals surface area contributed by atoms with Gasteiger partial charge < -0.3 is 15.0 Å². The van der Waals surface area contributed by atoms with E-state index in [9.17, 15) is 0 Å². The lowest BCUT2D eigenvalue weighted by Gasteiger charge is -2.38. The SMILES string of the molecule is CCC(CC)(OC)C(NC)c1c(Cl)cnn1CCN(C)C. The first kappa shape index (κ1) is 18.4. The molecule has 0 aromatic carbocycles. The lowest BCUT2D eigenvalue weighted by molar-refractivity contribution is -0.0489. The number of halogens is 1. The number of ether oxygens (including phenoxy) is 1. The topological polar surface area (TPSA) is 42.3 Å². The Labute approximate surface area is 133 Å². The van der Waals surface area contributed by atoms with Crippen molar-refractivity contribution >= 4 is 11.6 Å². The van der Waals surface area contributed by atoms with Gasteiger partial charge in [-0.2, -0.15) is 5.10 Å². The Balaban J connectivity index is 3.18. The molecule has 21 heavy (non-hydrogen) atoms. The third-order valence-corrected chi connectivity index (χ3v) is 4.58. The Kier molecular flexibility index (Phi) is 7.13. The zero-order chi connectivity index (χ0) is 16.0. The summed E-state index contributed by atoms with van der Waals surface area (Å²) in [7, 11) is 7.82. The van der Waals surface area contributed by atoms with E-state index in [1.165, 1.54) is 0 Å². The molecule has 0 aliphatic rings. The number of likely N-dealkylation sites (N-methyl/N-ethyl adjacent to an activating group) is 2. The van der Waals surface area contributed by atoms with E-state index in [-0.39, 0.29) is 11.6 Å². The van der Waals surface area contributed by atoms with Crippen LogP contribution in [0.3, 0.4) is 0 Å². The third-order valence-electron chi connectivity index (χ3n) is 4.28. The van der Waals surface area contributed by atoms with Gasteiger partial charge in [0.1, 0.15) is 0 Å². The summed E-state index contributed by atoms with van der Waals surface area (Å²) in [6.07, 6.45) is 3.53. The second-order valence-electron chi connectivity index (χ2n) is 5.60. The fourth-order valence-corrected chi connectivity index (χ4v) is 3.10. The standard InChI is InChI=1S/C15H29ClN4O/c1-7-15(8-2,21-6)14(17-3)13-12(16)11-18-20(13)10-9-19(4)5/h11,14,17H,7-10H2,1-6H3. The normalized spacial score (nSPS) is 13.9. The van der Waals surface area contributed by atoms with Crippen LogP contribution in [0.4, 0.5) is 0 Å². The first-order valence-corrected chi connectivity index (χ1v) is 7.91. The zero-order valence-electron chi connectivity index (χ0n) is 14.1.